The smallest absolute Gasteiger partial charge is 0.173 e. The van der Waals surface area contributed by atoms with E-state index in [4.69, 9.17) is 0 Å². The van der Waals surface area contributed by atoms with Crippen LogP contribution in [0.4, 0.5) is 0 Å². The number of aryl methyl sites for hydroxylation is 1. The molecule has 0 aliphatic carbocycles. The van der Waals surface area contributed by atoms with Gasteiger partial charge in [-0.2, -0.15) is 0 Å². The first-order valence-corrected chi connectivity index (χ1v) is 6.11. The summed E-state index contributed by atoms with van der Waals surface area (Å²) in [6.07, 6.45) is 0. The normalized spacial score (nSPS) is 10.7. The van der Waals surface area contributed by atoms with Crippen LogP contribution in [0.2, 0.25) is 0 Å². The Morgan fingerprint density at radius 2 is 2.36 bits per heavy atom. The van der Waals surface area contributed by atoms with Crippen LogP contribution in [0.3, 0.4) is 0 Å². The number of fused-ring (bicyclic) bond motifs is 1. The largest absolute Gasteiger partial charge is 0.293 e. The number of rotatable bonds is 2. The Labute approximate surface area is 94.1 Å². The van der Waals surface area contributed by atoms with Gasteiger partial charge in [0.1, 0.15) is 0 Å². The molecule has 72 valence electrons. The molecular formula is C10H8BrNOS. The summed E-state index contributed by atoms with van der Waals surface area (Å²) in [6.45, 7) is 1.97. The van der Waals surface area contributed by atoms with Crippen LogP contribution in [-0.4, -0.2) is 16.1 Å². The lowest BCUT2D eigenvalue weighted by atomic mass is 10.1. The molecule has 0 radical (unpaired) electrons. The van der Waals surface area contributed by atoms with E-state index in [2.05, 4.69) is 20.9 Å². The Bertz CT molecular complexity index is 492. The highest BCUT2D eigenvalue weighted by molar-refractivity contribution is 9.09. The summed E-state index contributed by atoms with van der Waals surface area (Å²) >= 11 is 4.77. The summed E-state index contributed by atoms with van der Waals surface area (Å²) in [6, 6.07) is 5.63. The number of nitrogens with zero attached hydrogens (tertiary/aromatic N) is 1. The second-order valence-electron chi connectivity index (χ2n) is 2.97. The minimum atomic E-state index is 0.109. The fourth-order valence-electron chi connectivity index (χ4n) is 1.29. The number of alkyl halides is 1. The van der Waals surface area contributed by atoms with Crippen molar-refractivity contribution < 1.29 is 4.79 Å². The molecular weight excluding hydrogens is 262 g/mol. The Morgan fingerprint density at radius 1 is 1.57 bits per heavy atom. The van der Waals surface area contributed by atoms with Gasteiger partial charge in [0.2, 0.25) is 0 Å². The maximum absolute atomic E-state index is 11.4. The highest BCUT2D eigenvalue weighted by atomic mass is 79.9. The summed E-state index contributed by atoms with van der Waals surface area (Å²) in [5.74, 6) is 0.109. The second-order valence-corrected chi connectivity index (χ2v) is 4.77. The minimum Gasteiger partial charge on any atom is -0.293 e. The minimum absolute atomic E-state index is 0.109. The zero-order chi connectivity index (χ0) is 10.1. The summed E-state index contributed by atoms with van der Waals surface area (Å²) in [4.78, 5) is 15.7. The first-order valence-electron chi connectivity index (χ1n) is 4.17. The van der Waals surface area contributed by atoms with E-state index < -0.39 is 0 Å². The van der Waals surface area contributed by atoms with Crippen molar-refractivity contribution in [3.05, 3.63) is 28.8 Å². The summed E-state index contributed by atoms with van der Waals surface area (Å²) < 4.78 is 1.08. The maximum atomic E-state index is 11.4. The molecule has 0 N–H and O–H groups in total. The molecule has 1 aromatic carbocycles. The Kier molecular flexibility index (Phi) is 2.65. The van der Waals surface area contributed by atoms with Crippen molar-refractivity contribution in [1.29, 1.82) is 0 Å². The van der Waals surface area contributed by atoms with Crippen molar-refractivity contribution in [2.45, 2.75) is 6.92 Å². The average Bonchev–Trinajstić information content (AvgIpc) is 2.55. The van der Waals surface area contributed by atoms with Crippen LogP contribution in [-0.2, 0) is 0 Å². The topological polar surface area (TPSA) is 30.0 Å². The SMILES string of the molecule is Cc1nc2ccc(C(=O)CBr)cc2s1. The van der Waals surface area contributed by atoms with Crippen molar-refractivity contribution in [1.82, 2.24) is 4.98 Å². The average molecular weight is 270 g/mol. The van der Waals surface area contributed by atoms with Gasteiger partial charge in [-0.3, -0.25) is 4.79 Å². The molecule has 14 heavy (non-hydrogen) atoms. The van der Waals surface area contributed by atoms with E-state index in [0.717, 1.165) is 20.8 Å². The van der Waals surface area contributed by atoms with Crippen molar-refractivity contribution in [3.8, 4) is 0 Å². The van der Waals surface area contributed by atoms with Crippen molar-refractivity contribution >= 4 is 43.3 Å². The second kappa shape index (κ2) is 3.79. The predicted octanol–water partition coefficient (Wildman–Crippen LogP) is 3.18. The molecule has 2 aromatic rings. The zero-order valence-electron chi connectivity index (χ0n) is 7.58. The highest BCUT2D eigenvalue weighted by Gasteiger charge is 2.06. The van der Waals surface area contributed by atoms with Crippen LogP contribution < -0.4 is 0 Å². The van der Waals surface area contributed by atoms with Crippen LogP contribution >= 0.6 is 27.3 Å². The van der Waals surface area contributed by atoms with Gasteiger partial charge in [-0.15, -0.1) is 11.3 Å². The molecule has 0 fully saturated rings. The number of halogens is 1. The van der Waals surface area contributed by atoms with E-state index in [-0.39, 0.29) is 5.78 Å². The molecule has 0 saturated heterocycles. The maximum Gasteiger partial charge on any atom is 0.173 e. The molecule has 0 amide bonds. The van der Waals surface area contributed by atoms with Gasteiger partial charge < -0.3 is 0 Å². The fourth-order valence-corrected chi connectivity index (χ4v) is 2.48. The third kappa shape index (κ3) is 1.72. The van der Waals surface area contributed by atoms with E-state index in [1.165, 1.54) is 0 Å². The van der Waals surface area contributed by atoms with Gasteiger partial charge >= 0.3 is 0 Å². The monoisotopic (exact) mass is 269 g/mol. The van der Waals surface area contributed by atoms with Gasteiger partial charge in [0.25, 0.3) is 0 Å². The number of hydrogen-bond donors (Lipinski definition) is 0. The number of carbonyl (C=O) groups is 1. The molecule has 2 nitrogen and oxygen atoms in total. The molecule has 1 aromatic heterocycles. The number of carbonyl (C=O) groups excluding carboxylic acids is 1. The Hall–Kier alpha value is -0.740. The summed E-state index contributed by atoms with van der Waals surface area (Å²) in [5.41, 5.74) is 1.72. The lowest BCUT2D eigenvalue weighted by Crippen LogP contribution is -1.98. The first-order chi connectivity index (χ1) is 6.70. The van der Waals surface area contributed by atoms with Gasteiger partial charge in [0, 0.05) is 5.56 Å². The molecule has 2 rings (SSSR count). The van der Waals surface area contributed by atoms with Gasteiger partial charge in [-0.25, -0.2) is 4.98 Å². The summed E-state index contributed by atoms with van der Waals surface area (Å²) in [7, 11) is 0. The van der Waals surface area contributed by atoms with Gasteiger partial charge in [0.15, 0.2) is 5.78 Å². The van der Waals surface area contributed by atoms with Crippen LogP contribution in [0.15, 0.2) is 18.2 Å². The van der Waals surface area contributed by atoms with Crippen molar-refractivity contribution in [2.24, 2.45) is 0 Å². The number of benzene rings is 1. The number of aromatic nitrogens is 1. The van der Waals surface area contributed by atoms with Gasteiger partial charge in [0.05, 0.1) is 20.6 Å². The van der Waals surface area contributed by atoms with E-state index in [9.17, 15) is 4.79 Å². The van der Waals surface area contributed by atoms with E-state index in [1.807, 2.05) is 25.1 Å². The Balaban J connectivity index is 2.55. The van der Waals surface area contributed by atoms with E-state index >= 15 is 0 Å². The van der Waals surface area contributed by atoms with E-state index in [1.54, 1.807) is 11.3 Å². The highest BCUT2D eigenvalue weighted by Crippen LogP contribution is 2.22. The number of thiazole rings is 1. The molecule has 0 spiro atoms. The number of ketones is 1. The molecule has 0 unspecified atom stereocenters. The molecule has 0 aliphatic rings. The lowest BCUT2D eigenvalue weighted by Gasteiger charge is -1.95. The molecule has 4 heteroatoms. The van der Waals surface area contributed by atoms with Gasteiger partial charge in [-0.05, 0) is 25.1 Å². The predicted molar refractivity (Wildman–Crippen MR) is 62.5 cm³/mol. The quantitative estimate of drug-likeness (QED) is 0.619. The Morgan fingerprint density at radius 3 is 3.07 bits per heavy atom. The van der Waals surface area contributed by atoms with Gasteiger partial charge in [-0.1, -0.05) is 15.9 Å². The number of hydrogen-bond acceptors (Lipinski definition) is 3. The summed E-state index contributed by atoms with van der Waals surface area (Å²) in [5, 5.41) is 1.40. The van der Waals surface area contributed by atoms with E-state index in [0.29, 0.717) is 5.33 Å². The van der Waals surface area contributed by atoms with Crippen molar-refractivity contribution in [2.75, 3.05) is 5.33 Å². The number of Topliss-reactive ketones (excluding diaryl/α,β-unsaturated/α-hetero) is 1. The standard InChI is InChI=1S/C10H8BrNOS/c1-6-12-8-3-2-7(9(13)5-11)4-10(8)14-6/h2-4H,5H2,1H3. The first kappa shape index (κ1) is 9.80. The van der Waals surface area contributed by atoms with Crippen LogP contribution in [0.5, 0.6) is 0 Å². The molecule has 1 heterocycles. The van der Waals surface area contributed by atoms with Crippen LogP contribution in [0.25, 0.3) is 10.2 Å². The molecule has 0 atom stereocenters. The third-order valence-corrected chi connectivity index (χ3v) is 3.38. The third-order valence-electron chi connectivity index (χ3n) is 1.94. The molecule has 0 bridgehead atoms. The molecule has 0 saturated carbocycles. The van der Waals surface area contributed by atoms with Crippen LogP contribution in [0.1, 0.15) is 15.4 Å². The zero-order valence-corrected chi connectivity index (χ0v) is 9.98. The fraction of sp³-hybridized carbons (Fsp3) is 0.200. The lowest BCUT2D eigenvalue weighted by molar-refractivity contribution is 0.102. The molecule has 0 aliphatic heterocycles. The van der Waals surface area contributed by atoms with Crippen LogP contribution in [0, 0.1) is 6.92 Å². The van der Waals surface area contributed by atoms with Crippen molar-refractivity contribution in [3.63, 3.8) is 0 Å².